The third kappa shape index (κ3) is 21.0. The van der Waals surface area contributed by atoms with Crippen LogP contribution in [0.25, 0.3) is 0 Å². The molecule has 0 unspecified atom stereocenters. The van der Waals surface area contributed by atoms with Gasteiger partial charge >= 0.3 is 57.4 Å². The number of ether oxygens (including phenoxy) is 1. The quantitative estimate of drug-likeness (QED) is 0.263. The van der Waals surface area contributed by atoms with Crippen LogP contribution in [0.1, 0.15) is 105 Å². The molecule has 0 saturated heterocycles. The molecule has 3 nitrogen and oxygen atoms in total. The van der Waals surface area contributed by atoms with Crippen molar-refractivity contribution in [1.29, 1.82) is 0 Å². The van der Waals surface area contributed by atoms with Gasteiger partial charge < -0.3 is 11.9 Å². The van der Waals surface area contributed by atoms with Crippen molar-refractivity contribution in [2.45, 2.75) is 110 Å². The van der Waals surface area contributed by atoms with Crippen molar-refractivity contribution in [3.8, 4) is 0 Å². The molecule has 0 rings (SSSR count). The summed E-state index contributed by atoms with van der Waals surface area (Å²) in [6.45, 7) is 4.46. The van der Waals surface area contributed by atoms with Gasteiger partial charge in [-0.15, -0.1) is 0 Å². The van der Waals surface area contributed by atoms with Crippen molar-refractivity contribution in [3.63, 3.8) is 0 Å². The molecular formula is C19H40KNO2. The molecule has 23 heavy (non-hydrogen) atoms. The van der Waals surface area contributed by atoms with E-state index in [4.69, 9.17) is 10.5 Å². The Hall–Kier alpha value is 1.07. The Balaban J connectivity index is -0.00000220. The molecule has 4 heteroatoms. The zero-order valence-electron chi connectivity index (χ0n) is 17.1. The average molecular weight is 354 g/mol. The second kappa shape index (κ2) is 21.1. The Bertz CT molecular complexity index is 254. The van der Waals surface area contributed by atoms with Gasteiger partial charge in [-0.25, -0.2) is 0 Å². The van der Waals surface area contributed by atoms with Crippen molar-refractivity contribution in [2.24, 2.45) is 5.73 Å². The number of hydrogen-bond acceptors (Lipinski definition) is 3. The molecule has 0 spiro atoms. The molecule has 0 aromatic heterocycles. The molecule has 0 radical (unpaired) electrons. The van der Waals surface area contributed by atoms with E-state index in [1.165, 1.54) is 77.0 Å². The van der Waals surface area contributed by atoms with E-state index in [1.807, 2.05) is 0 Å². The summed E-state index contributed by atoms with van der Waals surface area (Å²) in [5, 5.41) is 0. The molecule has 134 valence electrons. The summed E-state index contributed by atoms with van der Waals surface area (Å²) >= 11 is 0. The van der Waals surface area contributed by atoms with Gasteiger partial charge in [-0.1, -0.05) is 90.4 Å². The van der Waals surface area contributed by atoms with Gasteiger partial charge in [0.25, 0.3) is 0 Å². The second-order valence-electron chi connectivity index (χ2n) is 6.55. The standard InChI is InChI=1S/C19H39NO2.K.H/c1-3-4-5-6-7-8-9-10-11-12-13-14-15-16-17-22-19(21)18(2)20;;/h18H,3-17,20H2,1-2H3;;/q;+1;-1/t18-;;/m0../s1. The Morgan fingerprint density at radius 2 is 1.17 bits per heavy atom. The Morgan fingerprint density at radius 3 is 1.52 bits per heavy atom. The van der Waals surface area contributed by atoms with Crippen LogP contribution in [-0.2, 0) is 9.53 Å². The molecule has 0 aliphatic heterocycles. The topological polar surface area (TPSA) is 52.3 Å². The summed E-state index contributed by atoms with van der Waals surface area (Å²) in [5.74, 6) is -0.283. The SMILES string of the molecule is CCCCCCCCCCCCCCCCOC(=O)[C@H](C)N.[H-].[K+]. The largest absolute Gasteiger partial charge is 1.00 e. The Kier molecular flexibility index (Phi) is 24.1. The molecule has 0 amide bonds. The molecule has 0 heterocycles. The number of hydrogen-bond donors (Lipinski definition) is 1. The van der Waals surface area contributed by atoms with Crippen molar-refractivity contribution in [3.05, 3.63) is 0 Å². The first-order valence-corrected chi connectivity index (χ1v) is 9.60. The third-order valence-electron chi connectivity index (χ3n) is 4.11. The fourth-order valence-corrected chi connectivity index (χ4v) is 2.60. The molecule has 0 aromatic rings. The minimum atomic E-state index is -0.494. The molecule has 0 aliphatic rings. The van der Waals surface area contributed by atoms with Crippen molar-refractivity contribution >= 4 is 5.97 Å². The normalized spacial score (nSPS) is 11.8. The maximum Gasteiger partial charge on any atom is 1.00 e. The van der Waals surface area contributed by atoms with Crippen molar-refractivity contribution < 1.29 is 62.3 Å². The molecule has 1 atom stereocenters. The Morgan fingerprint density at radius 1 is 0.826 bits per heavy atom. The van der Waals surface area contributed by atoms with Gasteiger partial charge in [0.15, 0.2) is 0 Å². The summed E-state index contributed by atoms with van der Waals surface area (Å²) in [5.41, 5.74) is 5.42. The molecule has 2 N–H and O–H groups in total. The van der Waals surface area contributed by atoms with Crippen LogP contribution in [0.2, 0.25) is 0 Å². The fourth-order valence-electron chi connectivity index (χ4n) is 2.60. The monoisotopic (exact) mass is 353 g/mol. The van der Waals surface area contributed by atoms with Crippen LogP contribution < -0.4 is 57.1 Å². The molecular weight excluding hydrogens is 313 g/mol. The molecule has 0 aromatic carbocycles. The van der Waals surface area contributed by atoms with Crippen LogP contribution in [0.5, 0.6) is 0 Å². The van der Waals surface area contributed by atoms with E-state index < -0.39 is 6.04 Å². The first-order valence-electron chi connectivity index (χ1n) is 9.60. The summed E-state index contributed by atoms with van der Waals surface area (Å²) in [7, 11) is 0. The van der Waals surface area contributed by atoms with E-state index in [0.717, 1.165) is 12.8 Å². The minimum absolute atomic E-state index is 0. The van der Waals surface area contributed by atoms with Gasteiger partial charge in [-0.3, -0.25) is 4.79 Å². The van der Waals surface area contributed by atoms with Crippen molar-refractivity contribution in [2.75, 3.05) is 6.61 Å². The van der Waals surface area contributed by atoms with E-state index in [9.17, 15) is 4.79 Å². The fraction of sp³-hybridized carbons (Fsp3) is 0.947. The van der Waals surface area contributed by atoms with Gasteiger partial charge in [0.2, 0.25) is 0 Å². The van der Waals surface area contributed by atoms with Crippen LogP contribution in [0.3, 0.4) is 0 Å². The average Bonchev–Trinajstić information content (AvgIpc) is 2.50. The number of esters is 1. The van der Waals surface area contributed by atoms with E-state index in [1.54, 1.807) is 6.92 Å². The zero-order valence-corrected chi connectivity index (χ0v) is 19.2. The van der Waals surface area contributed by atoms with E-state index >= 15 is 0 Å². The molecule has 0 fully saturated rings. The van der Waals surface area contributed by atoms with Gasteiger partial charge in [0.05, 0.1) is 6.61 Å². The summed E-state index contributed by atoms with van der Waals surface area (Å²) in [6.07, 6.45) is 18.7. The first kappa shape index (κ1) is 26.3. The first-order chi connectivity index (χ1) is 10.7. The summed E-state index contributed by atoms with van der Waals surface area (Å²) in [4.78, 5) is 11.1. The number of carbonyl (C=O) groups is 1. The van der Waals surface area contributed by atoms with Gasteiger partial charge in [0, 0.05) is 0 Å². The Labute approximate surface area is 188 Å². The van der Waals surface area contributed by atoms with Crippen LogP contribution in [-0.4, -0.2) is 18.6 Å². The maximum atomic E-state index is 11.1. The van der Waals surface area contributed by atoms with E-state index in [0.29, 0.717) is 6.61 Å². The van der Waals surface area contributed by atoms with Crippen molar-refractivity contribution in [1.82, 2.24) is 0 Å². The second-order valence-corrected chi connectivity index (χ2v) is 6.55. The number of carbonyl (C=O) groups excluding carboxylic acids is 1. The summed E-state index contributed by atoms with van der Waals surface area (Å²) in [6, 6.07) is -0.494. The van der Waals surface area contributed by atoms with E-state index in [-0.39, 0.29) is 58.8 Å². The number of rotatable bonds is 16. The van der Waals surface area contributed by atoms with Gasteiger partial charge in [-0.05, 0) is 13.3 Å². The van der Waals surface area contributed by atoms with Crippen LogP contribution in [0, 0.1) is 0 Å². The van der Waals surface area contributed by atoms with Crippen LogP contribution >= 0.6 is 0 Å². The molecule has 0 aliphatic carbocycles. The number of unbranched alkanes of at least 4 members (excludes halogenated alkanes) is 13. The third-order valence-corrected chi connectivity index (χ3v) is 4.11. The smallest absolute Gasteiger partial charge is 1.00 e. The minimum Gasteiger partial charge on any atom is -1.00 e. The van der Waals surface area contributed by atoms with Gasteiger partial charge in [0.1, 0.15) is 6.04 Å². The predicted octanol–water partition coefficient (Wildman–Crippen LogP) is 2.47. The van der Waals surface area contributed by atoms with Gasteiger partial charge in [-0.2, -0.15) is 0 Å². The van der Waals surface area contributed by atoms with Crippen LogP contribution in [0.4, 0.5) is 0 Å². The predicted molar refractivity (Wildman–Crippen MR) is 96.0 cm³/mol. The number of nitrogens with two attached hydrogens (primary N) is 1. The summed E-state index contributed by atoms with van der Waals surface area (Å²) < 4.78 is 5.05. The maximum absolute atomic E-state index is 11.1. The molecule has 0 bridgehead atoms. The van der Waals surface area contributed by atoms with E-state index in [2.05, 4.69) is 6.92 Å². The van der Waals surface area contributed by atoms with Crippen LogP contribution in [0.15, 0.2) is 0 Å². The molecule has 0 saturated carbocycles. The zero-order chi connectivity index (χ0) is 16.5.